The molecule has 0 bridgehead atoms. The van der Waals surface area contributed by atoms with Crippen molar-refractivity contribution in [1.29, 1.82) is 0 Å². The molecule has 1 atom stereocenters. The van der Waals surface area contributed by atoms with E-state index in [-0.39, 0.29) is 30.0 Å². The Hall–Kier alpha value is -2.50. The van der Waals surface area contributed by atoms with Crippen molar-refractivity contribution in [3.63, 3.8) is 0 Å². The molecular weight excluding hydrogens is 491 g/mol. The number of aromatic nitrogens is 3. The summed E-state index contributed by atoms with van der Waals surface area (Å²) in [4.78, 5) is 6.16. The second-order valence-corrected chi connectivity index (χ2v) is 6.64. The van der Waals surface area contributed by atoms with E-state index >= 15 is 0 Å². The van der Waals surface area contributed by atoms with Gasteiger partial charge in [0.25, 0.3) is 0 Å². The number of aliphatic imine (C=N–C) groups is 1. The SMILES string of the molecule is CN=C(NCc1nnc2ccccn12)NC1CCN(c2ccc(F)cc2F)C1.I. The van der Waals surface area contributed by atoms with Crippen LogP contribution in [0, 0.1) is 11.6 Å². The Morgan fingerprint density at radius 2 is 2.10 bits per heavy atom. The van der Waals surface area contributed by atoms with Crippen LogP contribution in [0.1, 0.15) is 12.2 Å². The highest BCUT2D eigenvalue weighted by molar-refractivity contribution is 14.0. The molecule has 1 aliphatic heterocycles. The minimum atomic E-state index is -0.569. The number of nitrogens with one attached hydrogen (secondary N) is 2. The number of guanidine groups is 1. The van der Waals surface area contributed by atoms with Gasteiger partial charge in [-0.2, -0.15) is 0 Å². The maximum atomic E-state index is 14.0. The highest BCUT2D eigenvalue weighted by Crippen LogP contribution is 2.24. The molecule has 1 aliphatic rings. The molecule has 1 saturated heterocycles. The lowest BCUT2D eigenvalue weighted by atomic mass is 10.2. The summed E-state index contributed by atoms with van der Waals surface area (Å²) >= 11 is 0. The number of nitrogens with zero attached hydrogens (tertiary/aromatic N) is 5. The lowest BCUT2D eigenvalue weighted by Gasteiger charge is -2.20. The molecule has 154 valence electrons. The van der Waals surface area contributed by atoms with Gasteiger partial charge < -0.3 is 15.5 Å². The van der Waals surface area contributed by atoms with E-state index in [9.17, 15) is 8.78 Å². The van der Waals surface area contributed by atoms with Gasteiger partial charge in [-0.3, -0.25) is 9.39 Å². The van der Waals surface area contributed by atoms with E-state index in [0.29, 0.717) is 31.3 Å². The van der Waals surface area contributed by atoms with E-state index in [4.69, 9.17) is 0 Å². The maximum Gasteiger partial charge on any atom is 0.191 e. The average molecular weight is 513 g/mol. The van der Waals surface area contributed by atoms with Gasteiger partial charge in [-0.15, -0.1) is 34.2 Å². The molecule has 0 amide bonds. The third-order valence-electron chi connectivity index (χ3n) is 4.80. The fourth-order valence-corrected chi connectivity index (χ4v) is 3.40. The molecule has 10 heteroatoms. The van der Waals surface area contributed by atoms with Crippen molar-refractivity contribution in [3.05, 3.63) is 60.1 Å². The number of benzene rings is 1. The quantitative estimate of drug-likeness (QED) is 0.319. The first-order chi connectivity index (χ1) is 13.6. The molecule has 29 heavy (non-hydrogen) atoms. The smallest absolute Gasteiger partial charge is 0.191 e. The summed E-state index contributed by atoms with van der Waals surface area (Å²) in [6.07, 6.45) is 2.74. The van der Waals surface area contributed by atoms with Gasteiger partial charge >= 0.3 is 0 Å². The van der Waals surface area contributed by atoms with E-state index in [2.05, 4.69) is 25.8 Å². The minimum Gasteiger partial charge on any atom is -0.367 e. The Labute approximate surface area is 184 Å². The molecule has 0 spiro atoms. The number of halogens is 3. The second kappa shape index (κ2) is 9.33. The van der Waals surface area contributed by atoms with Crippen LogP contribution in [-0.2, 0) is 6.54 Å². The van der Waals surface area contributed by atoms with Crippen LogP contribution in [0.2, 0.25) is 0 Å². The molecule has 0 saturated carbocycles. The van der Waals surface area contributed by atoms with Crippen LogP contribution in [0.3, 0.4) is 0 Å². The number of hydrogen-bond acceptors (Lipinski definition) is 4. The van der Waals surface area contributed by atoms with Crippen LogP contribution < -0.4 is 15.5 Å². The fourth-order valence-electron chi connectivity index (χ4n) is 3.40. The Kier molecular flexibility index (Phi) is 6.83. The van der Waals surface area contributed by atoms with E-state index in [1.54, 1.807) is 7.05 Å². The van der Waals surface area contributed by atoms with Gasteiger partial charge in [0.05, 0.1) is 12.2 Å². The molecule has 4 rings (SSSR count). The maximum absolute atomic E-state index is 14.0. The Morgan fingerprint density at radius 3 is 2.90 bits per heavy atom. The summed E-state index contributed by atoms with van der Waals surface area (Å²) in [7, 11) is 1.70. The highest BCUT2D eigenvalue weighted by atomic mass is 127. The first kappa shape index (κ1) is 21.2. The number of anilines is 1. The van der Waals surface area contributed by atoms with Crippen molar-refractivity contribution in [3.8, 4) is 0 Å². The lowest BCUT2D eigenvalue weighted by Crippen LogP contribution is -2.44. The molecular formula is C19H22F2IN7. The van der Waals surface area contributed by atoms with Crippen LogP contribution in [0.25, 0.3) is 5.65 Å². The van der Waals surface area contributed by atoms with Crippen molar-refractivity contribution in [2.24, 2.45) is 4.99 Å². The van der Waals surface area contributed by atoms with Crippen LogP contribution >= 0.6 is 24.0 Å². The first-order valence-electron chi connectivity index (χ1n) is 9.10. The molecule has 1 fully saturated rings. The number of fused-ring (bicyclic) bond motifs is 1. The zero-order valence-electron chi connectivity index (χ0n) is 15.8. The van der Waals surface area contributed by atoms with E-state index in [1.807, 2.05) is 33.7 Å². The third kappa shape index (κ3) is 4.74. The van der Waals surface area contributed by atoms with E-state index in [0.717, 1.165) is 24.0 Å². The van der Waals surface area contributed by atoms with Gasteiger partial charge in [0.15, 0.2) is 17.4 Å². The number of rotatable bonds is 4. The largest absolute Gasteiger partial charge is 0.367 e. The monoisotopic (exact) mass is 513 g/mol. The molecule has 0 aliphatic carbocycles. The molecule has 1 aromatic carbocycles. The van der Waals surface area contributed by atoms with Gasteiger partial charge in [-0.1, -0.05) is 6.07 Å². The van der Waals surface area contributed by atoms with E-state index < -0.39 is 11.6 Å². The summed E-state index contributed by atoms with van der Waals surface area (Å²) in [6.45, 7) is 1.76. The van der Waals surface area contributed by atoms with Crippen LogP contribution in [-0.4, -0.2) is 46.7 Å². The van der Waals surface area contributed by atoms with Crippen molar-refractivity contribution < 1.29 is 8.78 Å². The summed E-state index contributed by atoms with van der Waals surface area (Å²) in [5.41, 5.74) is 1.21. The van der Waals surface area contributed by atoms with Gasteiger partial charge in [0.1, 0.15) is 11.6 Å². The third-order valence-corrected chi connectivity index (χ3v) is 4.80. The zero-order valence-corrected chi connectivity index (χ0v) is 18.2. The summed E-state index contributed by atoms with van der Waals surface area (Å²) < 4.78 is 29.0. The van der Waals surface area contributed by atoms with Crippen molar-refractivity contribution in [1.82, 2.24) is 25.2 Å². The molecule has 3 heterocycles. The average Bonchev–Trinajstić information content (AvgIpc) is 3.32. The summed E-state index contributed by atoms with van der Waals surface area (Å²) in [5.74, 6) is 0.307. The van der Waals surface area contributed by atoms with Crippen molar-refractivity contribution in [2.45, 2.75) is 19.0 Å². The molecule has 7 nitrogen and oxygen atoms in total. The molecule has 2 N–H and O–H groups in total. The van der Waals surface area contributed by atoms with Crippen molar-refractivity contribution >= 4 is 41.3 Å². The minimum absolute atomic E-state index is 0. The van der Waals surface area contributed by atoms with Crippen LogP contribution in [0.4, 0.5) is 14.5 Å². The van der Waals surface area contributed by atoms with Crippen LogP contribution in [0.15, 0.2) is 47.6 Å². The predicted octanol–water partition coefficient (Wildman–Crippen LogP) is 2.57. The summed E-state index contributed by atoms with van der Waals surface area (Å²) in [5, 5.41) is 14.9. The van der Waals surface area contributed by atoms with Gasteiger partial charge in [0, 0.05) is 38.4 Å². The molecule has 0 radical (unpaired) electrons. The Bertz CT molecular complexity index is 1010. The fraction of sp³-hybridized carbons (Fsp3) is 0.316. The standard InChI is InChI=1S/C19H21F2N7.HI/c1-22-19(23-11-18-26-25-17-4-2-3-8-28(17)18)24-14-7-9-27(12-14)16-6-5-13(20)10-15(16)21;/h2-6,8,10,14H,7,9,11-12H2,1H3,(H2,22,23,24);1H. The second-order valence-electron chi connectivity index (χ2n) is 6.64. The number of pyridine rings is 1. The Balaban J connectivity index is 0.00000240. The van der Waals surface area contributed by atoms with Gasteiger partial charge in [-0.25, -0.2) is 8.78 Å². The predicted molar refractivity (Wildman–Crippen MR) is 119 cm³/mol. The molecule has 3 aromatic rings. The van der Waals surface area contributed by atoms with Gasteiger partial charge in [0.2, 0.25) is 0 Å². The Morgan fingerprint density at radius 1 is 1.24 bits per heavy atom. The van der Waals surface area contributed by atoms with Crippen molar-refractivity contribution in [2.75, 3.05) is 25.0 Å². The lowest BCUT2D eigenvalue weighted by molar-refractivity contribution is 0.580. The molecule has 2 aromatic heterocycles. The van der Waals surface area contributed by atoms with E-state index in [1.165, 1.54) is 12.1 Å². The molecule has 1 unspecified atom stereocenters. The topological polar surface area (TPSA) is 69.8 Å². The normalized spacial score (nSPS) is 16.7. The van der Waals surface area contributed by atoms with Crippen LogP contribution in [0.5, 0.6) is 0 Å². The summed E-state index contributed by atoms with van der Waals surface area (Å²) in [6, 6.07) is 9.52. The number of hydrogen-bond donors (Lipinski definition) is 2. The zero-order chi connectivity index (χ0) is 19.5. The highest BCUT2D eigenvalue weighted by Gasteiger charge is 2.25. The first-order valence-corrected chi connectivity index (χ1v) is 9.10. The van der Waals surface area contributed by atoms with Gasteiger partial charge in [-0.05, 0) is 30.7 Å².